The fourth-order valence-corrected chi connectivity index (χ4v) is 5.13. The summed E-state index contributed by atoms with van der Waals surface area (Å²) in [4.78, 5) is 0. The lowest BCUT2D eigenvalue weighted by Gasteiger charge is -2.29. The van der Waals surface area contributed by atoms with E-state index < -0.39 is 47.0 Å². The lowest BCUT2D eigenvalue weighted by molar-refractivity contribution is -0.276. The van der Waals surface area contributed by atoms with E-state index in [0.29, 0.717) is 23.6 Å². The number of hydrogen-bond donors (Lipinski definition) is 0. The molecule has 0 aromatic heterocycles. The second-order valence-corrected chi connectivity index (χ2v) is 9.68. The standard InChI is InChI=1S/C29H26F8O2/c1-2-5-17-8-10-18(11-9-17)19-12-13-22(23(30)14-19)28(33,34)38-26-7-4-3-6-21(26)20-15-24(31)27(25(32)16-20)39-29(35,36)37/h3-4,6-7,12-18H,2,5,8-11H2,1H3. The van der Waals surface area contributed by atoms with Gasteiger partial charge in [0.1, 0.15) is 11.6 Å². The molecule has 0 atom stereocenters. The van der Waals surface area contributed by atoms with Crippen LogP contribution in [0.5, 0.6) is 11.5 Å². The molecule has 0 aliphatic heterocycles. The number of alkyl halides is 5. The Hall–Kier alpha value is -3.30. The Kier molecular flexibility index (Phi) is 8.42. The predicted molar refractivity (Wildman–Crippen MR) is 129 cm³/mol. The van der Waals surface area contributed by atoms with Crippen LogP contribution in [0.4, 0.5) is 35.1 Å². The Morgan fingerprint density at radius 3 is 2.00 bits per heavy atom. The first-order valence-electron chi connectivity index (χ1n) is 12.6. The van der Waals surface area contributed by atoms with Crippen molar-refractivity contribution in [2.45, 2.75) is 63.8 Å². The highest BCUT2D eigenvalue weighted by Crippen LogP contribution is 2.42. The molecule has 0 amide bonds. The maximum absolute atomic E-state index is 15.2. The first-order valence-corrected chi connectivity index (χ1v) is 12.6. The Morgan fingerprint density at radius 1 is 0.769 bits per heavy atom. The predicted octanol–water partition coefficient (Wildman–Crippen LogP) is 9.87. The molecule has 4 rings (SSSR count). The van der Waals surface area contributed by atoms with Gasteiger partial charge in [-0.05, 0) is 79.0 Å². The Balaban J connectivity index is 1.57. The molecule has 1 aliphatic carbocycles. The van der Waals surface area contributed by atoms with Gasteiger partial charge in [0, 0.05) is 5.56 Å². The highest BCUT2D eigenvalue weighted by atomic mass is 19.4. The first-order chi connectivity index (χ1) is 18.4. The fraction of sp³-hybridized carbons (Fsp3) is 0.379. The van der Waals surface area contributed by atoms with Gasteiger partial charge in [0.25, 0.3) is 0 Å². The maximum Gasteiger partial charge on any atom is 0.573 e. The summed E-state index contributed by atoms with van der Waals surface area (Å²) in [6, 6.07) is 9.40. The van der Waals surface area contributed by atoms with Crippen molar-refractivity contribution in [1.29, 1.82) is 0 Å². The summed E-state index contributed by atoms with van der Waals surface area (Å²) in [6.45, 7) is 2.13. The van der Waals surface area contributed by atoms with Gasteiger partial charge in [-0.25, -0.2) is 13.2 Å². The zero-order chi connectivity index (χ0) is 28.4. The minimum Gasteiger partial charge on any atom is -0.428 e. The largest absolute Gasteiger partial charge is 0.573 e. The first kappa shape index (κ1) is 28.7. The van der Waals surface area contributed by atoms with E-state index in [-0.39, 0.29) is 17.0 Å². The van der Waals surface area contributed by atoms with Gasteiger partial charge in [0.2, 0.25) is 5.75 Å². The van der Waals surface area contributed by atoms with Crippen molar-refractivity contribution >= 4 is 0 Å². The molecule has 39 heavy (non-hydrogen) atoms. The molecule has 0 spiro atoms. The molecule has 2 nitrogen and oxygen atoms in total. The molecule has 0 bridgehead atoms. The summed E-state index contributed by atoms with van der Waals surface area (Å²) in [5.41, 5.74) is -1.03. The summed E-state index contributed by atoms with van der Waals surface area (Å²) >= 11 is 0. The van der Waals surface area contributed by atoms with Gasteiger partial charge in [0.05, 0.1) is 5.56 Å². The van der Waals surface area contributed by atoms with Gasteiger partial charge in [0.15, 0.2) is 11.6 Å². The molecule has 0 radical (unpaired) electrons. The van der Waals surface area contributed by atoms with E-state index in [1.165, 1.54) is 24.3 Å². The van der Waals surface area contributed by atoms with Crippen molar-refractivity contribution in [2.75, 3.05) is 0 Å². The summed E-state index contributed by atoms with van der Waals surface area (Å²) in [7, 11) is 0. The smallest absolute Gasteiger partial charge is 0.428 e. The van der Waals surface area contributed by atoms with Crippen molar-refractivity contribution in [1.82, 2.24) is 0 Å². The molecule has 1 fully saturated rings. The molecule has 0 unspecified atom stereocenters. The normalized spacial score (nSPS) is 18.2. The number of benzene rings is 3. The van der Waals surface area contributed by atoms with Crippen LogP contribution in [0.1, 0.15) is 62.5 Å². The zero-order valence-corrected chi connectivity index (χ0v) is 20.9. The van der Waals surface area contributed by atoms with E-state index in [4.69, 9.17) is 4.74 Å². The van der Waals surface area contributed by atoms with Gasteiger partial charge in [-0.15, -0.1) is 13.2 Å². The van der Waals surface area contributed by atoms with Crippen LogP contribution in [0.2, 0.25) is 0 Å². The third-order valence-electron chi connectivity index (χ3n) is 6.97. The molecular weight excluding hydrogens is 532 g/mol. The van der Waals surface area contributed by atoms with Crippen LogP contribution in [-0.4, -0.2) is 6.36 Å². The molecule has 0 N–H and O–H groups in total. The Labute approximate surface area is 220 Å². The van der Waals surface area contributed by atoms with E-state index in [0.717, 1.165) is 56.7 Å². The molecule has 3 aromatic rings. The molecule has 210 valence electrons. The lowest BCUT2D eigenvalue weighted by Crippen LogP contribution is -2.24. The van der Waals surface area contributed by atoms with E-state index in [1.807, 2.05) is 0 Å². The molecule has 1 aliphatic rings. The van der Waals surface area contributed by atoms with Gasteiger partial charge in [-0.3, -0.25) is 0 Å². The number of ether oxygens (including phenoxy) is 2. The zero-order valence-electron chi connectivity index (χ0n) is 20.9. The van der Waals surface area contributed by atoms with Crippen LogP contribution >= 0.6 is 0 Å². The van der Waals surface area contributed by atoms with Crippen molar-refractivity contribution in [2.24, 2.45) is 5.92 Å². The van der Waals surface area contributed by atoms with Crippen molar-refractivity contribution in [3.05, 3.63) is 83.2 Å². The van der Waals surface area contributed by atoms with E-state index in [1.54, 1.807) is 0 Å². The van der Waals surface area contributed by atoms with Gasteiger partial charge >= 0.3 is 12.5 Å². The van der Waals surface area contributed by atoms with Crippen molar-refractivity contribution in [3.8, 4) is 22.6 Å². The number of rotatable bonds is 8. The molecule has 3 aromatic carbocycles. The highest BCUT2D eigenvalue weighted by Gasteiger charge is 2.39. The minimum atomic E-state index is -5.35. The van der Waals surface area contributed by atoms with Gasteiger partial charge in [-0.1, -0.05) is 44.0 Å². The monoisotopic (exact) mass is 558 g/mol. The third kappa shape index (κ3) is 6.83. The minimum absolute atomic E-state index is 0.0750. The molecule has 0 saturated heterocycles. The average Bonchev–Trinajstić information content (AvgIpc) is 2.86. The van der Waals surface area contributed by atoms with Crippen LogP contribution in [0.3, 0.4) is 0 Å². The van der Waals surface area contributed by atoms with Gasteiger partial charge in [-0.2, -0.15) is 8.78 Å². The maximum atomic E-state index is 15.2. The summed E-state index contributed by atoms with van der Waals surface area (Å²) in [6.07, 6.45) is -3.58. The third-order valence-corrected chi connectivity index (χ3v) is 6.97. The Bertz CT molecular complexity index is 1270. The fourth-order valence-electron chi connectivity index (χ4n) is 5.13. The highest BCUT2D eigenvalue weighted by molar-refractivity contribution is 5.71. The molecule has 0 heterocycles. The van der Waals surface area contributed by atoms with Crippen LogP contribution < -0.4 is 9.47 Å². The molecule has 1 saturated carbocycles. The van der Waals surface area contributed by atoms with Crippen LogP contribution in [0, 0.1) is 23.4 Å². The number of para-hydroxylation sites is 1. The second-order valence-electron chi connectivity index (χ2n) is 9.68. The molecule has 10 heteroatoms. The second kappa shape index (κ2) is 11.4. The average molecular weight is 559 g/mol. The summed E-state index contributed by atoms with van der Waals surface area (Å²) < 4.78 is 119. The van der Waals surface area contributed by atoms with Crippen molar-refractivity contribution in [3.63, 3.8) is 0 Å². The number of hydrogen-bond acceptors (Lipinski definition) is 2. The molecular formula is C29H26F8O2. The number of halogens is 8. The van der Waals surface area contributed by atoms with E-state index in [2.05, 4.69) is 11.7 Å². The van der Waals surface area contributed by atoms with Gasteiger partial charge < -0.3 is 9.47 Å². The van der Waals surface area contributed by atoms with Crippen LogP contribution in [0.15, 0.2) is 54.6 Å². The SMILES string of the molecule is CCCC1CCC(c2ccc(C(F)(F)Oc3ccccc3-c3cc(F)c(OC(F)(F)F)c(F)c3)c(F)c2)CC1. The van der Waals surface area contributed by atoms with Crippen LogP contribution in [-0.2, 0) is 6.11 Å². The summed E-state index contributed by atoms with van der Waals surface area (Å²) in [5.74, 6) is -6.10. The Morgan fingerprint density at radius 2 is 1.41 bits per heavy atom. The summed E-state index contributed by atoms with van der Waals surface area (Å²) in [5, 5.41) is 0. The van der Waals surface area contributed by atoms with E-state index in [9.17, 15) is 26.3 Å². The van der Waals surface area contributed by atoms with E-state index >= 15 is 8.78 Å². The topological polar surface area (TPSA) is 18.5 Å². The lowest BCUT2D eigenvalue weighted by atomic mass is 9.77. The van der Waals surface area contributed by atoms with Crippen molar-refractivity contribution < 1.29 is 44.6 Å². The quantitative estimate of drug-likeness (QED) is 0.256. The van der Waals surface area contributed by atoms with Crippen LogP contribution in [0.25, 0.3) is 11.1 Å².